The Hall–Kier alpha value is -2.42. The fourth-order valence-electron chi connectivity index (χ4n) is 3.16. The van der Waals surface area contributed by atoms with Crippen molar-refractivity contribution in [3.05, 3.63) is 29.3 Å². The molecule has 0 radical (unpaired) electrons. The summed E-state index contributed by atoms with van der Waals surface area (Å²) in [6, 6.07) is 7.52. The van der Waals surface area contributed by atoms with Crippen LogP contribution < -0.4 is 11.1 Å². The lowest BCUT2D eigenvalue weighted by Gasteiger charge is -2.26. The lowest BCUT2D eigenvalue weighted by molar-refractivity contribution is 0.0398. The van der Waals surface area contributed by atoms with Crippen molar-refractivity contribution in [1.29, 1.82) is 0 Å². The van der Waals surface area contributed by atoms with Gasteiger partial charge in [-0.3, -0.25) is 9.58 Å². The minimum Gasteiger partial charge on any atom is -0.383 e. The van der Waals surface area contributed by atoms with Crippen LogP contribution in [0.15, 0.2) is 24.3 Å². The van der Waals surface area contributed by atoms with Gasteiger partial charge in [-0.15, -0.1) is 0 Å². The van der Waals surface area contributed by atoms with E-state index < -0.39 is 0 Å². The molecule has 3 aromatic rings. The summed E-state index contributed by atoms with van der Waals surface area (Å²) >= 11 is 6.03. The molecule has 1 aliphatic heterocycles. The Labute approximate surface area is 162 Å². The summed E-state index contributed by atoms with van der Waals surface area (Å²) in [4.78, 5) is 11.6. The molecular weight excluding hydrogens is 366 g/mol. The third-order valence-electron chi connectivity index (χ3n) is 4.67. The van der Waals surface area contributed by atoms with Crippen LogP contribution >= 0.6 is 11.6 Å². The molecule has 142 valence electrons. The number of morpholine rings is 1. The molecule has 8 nitrogen and oxygen atoms in total. The van der Waals surface area contributed by atoms with Crippen molar-refractivity contribution in [3.63, 3.8) is 0 Å². The van der Waals surface area contributed by atoms with Crippen LogP contribution in [0.3, 0.4) is 0 Å². The first kappa shape index (κ1) is 18.0. The van der Waals surface area contributed by atoms with Crippen LogP contribution in [0.2, 0.25) is 5.02 Å². The first-order valence-corrected chi connectivity index (χ1v) is 9.30. The Kier molecular flexibility index (Phi) is 5.11. The van der Waals surface area contributed by atoms with E-state index in [9.17, 15) is 0 Å². The predicted molar refractivity (Wildman–Crippen MR) is 107 cm³/mol. The first-order valence-electron chi connectivity index (χ1n) is 8.92. The van der Waals surface area contributed by atoms with E-state index in [0.717, 1.165) is 56.0 Å². The Morgan fingerprint density at radius 2 is 1.93 bits per heavy atom. The maximum atomic E-state index is 6.21. The van der Waals surface area contributed by atoms with Gasteiger partial charge in [-0.1, -0.05) is 23.7 Å². The number of aromatic nitrogens is 4. The van der Waals surface area contributed by atoms with Gasteiger partial charge in [0.15, 0.2) is 5.65 Å². The maximum absolute atomic E-state index is 6.21. The van der Waals surface area contributed by atoms with Crippen LogP contribution in [-0.4, -0.2) is 64.0 Å². The van der Waals surface area contributed by atoms with Gasteiger partial charge in [0.05, 0.1) is 24.3 Å². The predicted octanol–water partition coefficient (Wildman–Crippen LogP) is 2.01. The Bertz CT molecular complexity index is 935. The highest BCUT2D eigenvalue weighted by Gasteiger charge is 2.17. The molecule has 0 unspecified atom stereocenters. The number of nitrogen functional groups attached to an aromatic ring is 1. The third kappa shape index (κ3) is 3.83. The van der Waals surface area contributed by atoms with E-state index in [2.05, 4.69) is 20.3 Å². The summed E-state index contributed by atoms with van der Waals surface area (Å²) in [6.45, 7) is 5.13. The lowest BCUT2D eigenvalue weighted by Crippen LogP contribution is -2.39. The van der Waals surface area contributed by atoms with Gasteiger partial charge in [0.25, 0.3) is 0 Å². The molecule has 2 aromatic heterocycles. The van der Waals surface area contributed by atoms with Crippen LogP contribution in [0, 0.1) is 0 Å². The highest BCUT2D eigenvalue weighted by molar-refractivity contribution is 6.30. The summed E-state index contributed by atoms with van der Waals surface area (Å²) in [6.07, 6.45) is 0. The summed E-state index contributed by atoms with van der Waals surface area (Å²) in [5.41, 5.74) is 8.45. The molecule has 0 amide bonds. The fourth-order valence-corrected chi connectivity index (χ4v) is 3.29. The zero-order chi connectivity index (χ0) is 18.8. The van der Waals surface area contributed by atoms with Crippen LogP contribution in [0.5, 0.6) is 0 Å². The number of fused-ring (bicyclic) bond motifs is 1. The zero-order valence-corrected chi connectivity index (χ0v) is 15.9. The van der Waals surface area contributed by atoms with Crippen LogP contribution in [0.1, 0.15) is 0 Å². The number of ether oxygens (including phenoxy) is 1. The molecule has 1 fully saturated rings. The number of rotatable bonds is 5. The number of benzene rings is 1. The fraction of sp³-hybridized carbons (Fsp3) is 0.389. The second-order valence-corrected chi connectivity index (χ2v) is 6.93. The molecule has 3 N–H and O–H groups in total. The van der Waals surface area contributed by atoms with Gasteiger partial charge in [-0.2, -0.15) is 10.1 Å². The normalized spacial score (nSPS) is 15.3. The number of anilines is 2. The number of hydrogen-bond donors (Lipinski definition) is 2. The van der Waals surface area contributed by atoms with Crippen molar-refractivity contribution in [1.82, 2.24) is 24.6 Å². The van der Waals surface area contributed by atoms with Crippen molar-refractivity contribution < 1.29 is 4.74 Å². The summed E-state index contributed by atoms with van der Waals surface area (Å²) in [5.74, 6) is 1.08. The van der Waals surface area contributed by atoms with Crippen molar-refractivity contribution in [2.24, 2.45) is 7.05 Å². The van der Waals surface area contributed by atoms with E-state index >= 15 is 0 Å². The van der Waals surface area contributed by atoms with Crippen LogP contribution in [0.4, 0.5) is 11.8 Å². The lowest BCUT2D eigenvalue weighted by atomic mass is 10.1. The van der Waals surface area contributed by atoms with Gasteiger partial charge >= 0.3 is 0 Å². The average Bonchev–Trinajstić information content (AvgIpc) is 2.97. The van der Waals surface area contributed by atoms with E-state index in [0.29, 0.717) is 22.4 Å². The number of nitrogens with two attached hydrogens (primary N) is 1. The molecule has 1 saturated heterocycles. The average molecular weight is 388 g/mol. The third-order valence-corrected chi connectivity index (χ3v) is 4.92. The Morgan fingerprint density at radius 1 is 1.19 bits per heavy atom. The monoisotopic (exact) mass is 387 g/mol. The van der Waals surface area contributed by atoms with E-state index in [1.807, 2.05) is 24.3 Å². The van der Waals surface area contributed by atoms with Crippen LogP contribution in [0.25, 0.3) is 22.3 Å². The molecule has 0 spiro atoms. The number of aryl methyl sites for hydroxylation is 1. The van der Waals surface area contributed by atoms with Crippen LogP contribution in [-0.2, 0) is 11.8 Å². The molecule has 0 atom stereocenters. The van der Waals surface area contributed by atoms with Gasteiger partial charge in [0, 0.05) is 43.8 Å². The highest BCUT2D eigenvalue weighted by Crippen LogP contribution is 2.31. The summed E-state index contributed by atoms with van der Waals surface area (Å²) in [7, 11) is 1.80. The van der Waals surface area contributed by atoms with Gasteiger partial charge < -0.3 is 15.8 Å². The summed E-state index contributed by atoms with van der Waals surface area (Å²) < 4.78 is 7.00. The minimum absolute atomic E-state index is 0.537. The number of halogens is 1. The van der Waals surface area contributed by atoms with Crippen molar-refractivity contribution in [3.8, 4) is 11.3 Å². The summed E-state index contributed by atoms with van der Waals surface area (Å²) in [5, 5.41) is 9.16. The van der Waals surface area contributed by atoms with Gasteiger partial charge in [0.1, 0.15) is 5.82 Å². The Balaban J connectivity index is 1.62. The first-order chi connectivity index (χ1) is 13.1. The molecule has 0 saturated carbocycles. The molecule has 3 heterocycles. The molecule has 27 heavy (non-hydrogen) atoms. The molecular formula is C18H22ClN7O. The second kappa shape index (κ2) is 7.67. The number of nitrogens with zero attached hydrogens (tertiary/aromatic N) is 5. The Morgan fingerprint density at radius 3 is 2.67 bits per heavy atom. The number of nitrogens with one attached hydrogen (secondary N) is 1. The van der Waals surface area contributed by atoms with Crippen molar-refractivity contribution in [2.45, 2.75) is 0 Å². The van der Waals surface area contributed by atoms with Gasteiger partial charge in [-0.05, 0) is 12.1 Å². The number of hydrogen-bond acceptors (Lipinski definition) is 7. The van der Waals surface area contributed by atoms with E-state index in [4.69, 9.17) is 27.1 Å². The molecule has 1 aromatic carbocycles. The zero-order valence-electron chi connectivity index (χ0n) is 15.2. The molecule has 0 bridgehead atoms. The van der Waals surface area contributed by atoms with E-state index in [-0.39, 0.29) is 0 Å². The molecule has 1 aliphatic rings. The second-order valence-electron chi connectivity index (χ2n) is 6.49. The van der Waals surface area contributed by atoms with Gasteiger partial charge in [0.2, 0.25) is 5.95 Å². The van der Waals surface area contributed by atoms with E-state index in [1.54, 1.807) is 11.7 Å². The highest BCUT2D eigenvalue weighted by atomic mass is 35.5. The van der Waals surface area contributed by atoms with Crippen molar-refractivity contribution >= 4 is 34.4 Å². The smallest absolute Gasteiger partial charge is 0.225 e. The molecule has 9 heteroatoms. The maximum Gasteiger partial charge on any atom is 0.225 e. The SMILES string of the molecule is Cn1nc2nc(NCCN3CCOCC3)nc(-c3ccc(Cl)cc3)c2c1N. The molecule has 0 aliphatic carbocycles. The topological polar surface area (TPSA) is 94.1 Å². The van der Waals surface area contributed by atoms with Gasteiger partial charge in [-0.25, -0.2) is 4.98 Å². The standard InChI is InChI=1S/C18H22ClN7O/c1-25-16(20)14-15(12-2-4-13(19)5-3-12)22-18(23-17(14)24-25)21-6-7-26-8-10-27-11-9-26/h2-5H,6-11,20H2,1H3,(H,21,23,24). The van der Waals surface area contributed by atoms with E-state index in [1.165, 1.54) is 0 Å². The quantitative estimate of drug-likeness (QED) is 0.691. The minimum atomic E-state index is 0.537. The molecule has 4 rings (SSSR count). The van der Waals surface area contributed by atoms with Crippen molar-refractivity contribution in [2.75, 3.05) is 50.4 Å². The largest absolute Gasteiger partial charge is 0.383 e.